The molecule has 1 atom stereocenters. The number of hydrogen-bond acceptors (Lipinski definition) is 3. The molecule has 1 aromatic rings. The van der Waals surface area contributed by atoms with Crippen molar-refractivity contribution < 1.29 is 22.7 Å². The van der Waals surface area contributed by atoms with Crippen LogP contribution in [-0.4, -0.2) is 32.6 Å². The number of rotatable bonds is 5. The van der Waals surface area contributed by atoms with Crippen LogP contribution < -0.4 is 10.6 Å². The van der Waals surface area contributed by atoms with Gasteiger partial charge in [0.2, 0.25) is 0 Å². The fraction of sp³-hybridized carbons (Fsp3) is 0.467. The Balaban J connectivity index is 2.57. The molecule has 23 heavy (non-hydrogen) atoms. The summed E-state index contributed by atoms with van der Waals surface area (Å²) in [6.45, 7) is 2.17. The van der Waals surface area contributed by atoms with Crippen molar-refractivity contribution in [2.45, 2.75) is 19.6 Å². The SMILES string of the molecule is CN=C(NCc1cccc(C(F)(F)F)c1)NCC(C)C(=O)OC. The molecule has 0 radical (unpaired) electrons. The first kappa shape index (κ1) is 18.8. The van der Waals surface area contributed by atoms with Gasteiger partial charge in [0.15, 0.2) is 5.96 Å². The summed E-state index contributed by atoms with van der Waals surface area (Å²) in [5.41, 5.74) is -0.220. The Morgan fingerprint density at radius 2 is 2.04 bits per heavy atom. The Morgan fingerprint density at radius 3 is 2.61 bits per heavy atom. The number of nitrogens with one attached hydrogen (secondary N) is 2. The Morgan fingerprint density at radius 1 is 1.35 bits per heavy atom. The minimum atomic E-state index is -4.37. The molecule has 0 spiro atoms. The van der Waals surface area contributed by atoms with Crippen LogP contribution in [0.2, 0.25) is 0 Å². The molecule has 0 amide bonds. The van der Waals surface area contributed by atoms with Gasteiger partial charge in [0.05, 0.1) is 18.6 Å². The van der Waals surface area contributed by atoms with E-state index in [0.717, 1.165) is 12.1 Å². The monoisotopic (exact) mass is 331 g/mol. The fourth-order valence-electron chi connectivity index (χ4n) is 1.80. The molecule has 0 bridgehead atoms. The standard InChI is InChI=1S/C15H20F3N3O2/c1-10(13(22)23-3)8-20-14(19-2)21-9-11-5-4-6-12(7-11)15(16,17)18/h4-7,10H,8-9H2,1-3H3,(H2,19,20,21). The van der Waals surface area contributed by atoms with Crippen LogP contribution in [0.25, 0.3) is 0 Å². The first-order valence-electron chi connectivity index (χ1n) is 6.96. The van der Waals surface area contributed by atoms with Crippen molar-refractivity contribution in [3.05, 3.63) is 35.4 Å². The van der Waals surface area contributed by atoms with Crippen molar-refractivity contribution in [2.24, 2.45) is 10.9 Å². The predicted molar refractivity (Wildman–Crippen MR) is 80.8 cm³/mol. The zero-order valence-corrected chi connectivity index (χ0v) is 13.2. The van der Waals surface area contributed by atoms with Crippen molar-refractivity contribution in [1.29, 1.82) is 0 Å². The maximum Gasteiger partial charge on any atom is 0.416 e. The van der Waals surface area contributed by atoms with Crippen LogP contribution in [0.3, 0.4) is 0 Å². The van der Waals surface area contributed by atoms with Gasteiger partial charge < -0.3 is 15.4 Å². The number of methoxy groups -OCH3 is 1. The van der Waals surface area contributed by atoms with Gasteiger partial charge in [0.25, 0.3) is 0 Å². The van der Waals surface area contributed by atoms with E-state index in [1.165, 1.54) is 20.2 Å². The second kappa shape index (κ2) is 8.40. The van der Waals surface area contributed by atoms with Crippen LogP contribution >= 0.6 is 0 Å². The van der Waals surface area contributed by atoms with Crippen LogP contribution in [-0.2, 0) is 22.3 Å². The first-order valence-corrected chi connectivity index (χ1v) is 6.96. The van der Waals surface area contributed by atoms with Gasteiger partial charge in [-0.3, -0.25) is 9.79 Å². The summed E-state index contributed by atoms with van der Waals surface area (Å²) in [6.07, 6.45) is -4.37. The molecule has 2 N–H and O–H groups in total. The number of carbonyl (C=O) groups excluding carboxylic acids is 1. The van der Waals surface area contributed by atoms with Crippen molar-refractivity contribution in [2.75, 3.05) is 20.7 Å². The molecule has 8 heteroatoms. The lowest BCUT2D eigenvalue weighted by molar-refractivity contribution is -0.144. The van der Waals surface area contributed by atoms with E-state index < -0.39 is 11.7 Å². The van der Waals surface area contributed by atoms with E-state index in [1.54, 1.807) is 13.0 Å². The molecule has 0 aliphatic carbocycles. The number of carbonyl (C=O) groups is 1. The summed E-state index contributed by atoms with van der Waals surface area (Å²) in [5, 5.41) is 5.81. The van der Waals surface area contributed by atoms with Crippen LogP contribution in [0.5, 0.6) is 0 Å². The van der Waals surface area contributed by atoms with Gasteiger partial charge in [-0.2, -0.15) is 13.2 Å². The number of halogens is 3. The second-order valence-electron chi connectivity index (χ2n) is 4.93. The van der Waals surface area contributed by atoms with E-state index >= 15 is 0 Å². The Bertz CT molecular complexity index is 559. The highest BCUT2D eigenvalue weighted by molar-refractivity contribution is 5.80. The molecule has 0 aromatic heterocycles. The van der Waals surface area contributed by atoms with E-state index in [4.69, 9.17) is 0 Å². The van der Waals surface area contributed by atoms with Gasteiger partial charge >= 0.3 is 12.1 Å². The number of aliphatic imine (C=N–C) groups is 1. The second-order valence-corrected chi connectivity index (χ2v) is 4.93. The summed E-state index contributed by atoms with van der Waals surface area (Å²) < 4.78 is 42.6. The lowest BCUT2D eigenvalue weighted by atomic mass is 10.1. The summed E-state index contributed by atoms with van der Waals surface area (Å²) in [5.74, 6) is -0.337. The van der Waals surface area contributed by atoms with Gasteiger partial charge in [0, 0.05) is 20.1 Å². The van der Waals surface area contributed by atoms with Gasteiger partial charge in [-0.15, -0.1) is 0 Å². The maximum atomic E-state index is 12.7. The van der Waals surface area contributed by atoms with Crippen molar-refractivity contribution in [1.82, 2.24) is 10.6 Å². The van der Waals surface area contributed by atoms with Crippen molar-refractivity contribution >= 4 is 11.9 Å². The van der Waals surface area contributed by atoms with E-state index in [9.17, 15) is 18.0 Å². The number of hydrogen-bond donors (Lipinski definition) is 2. The minimum Gasteiger partial charge on any atom is -0.469 e. The molecule has 1 rings (SSSR count). The number of nitrogens with zero attached hydrogens (tertiary/aromatic N) is 1. The van der Waals surface area contributed by atoms with Crippen LogP contribution in [0.1, 0.15) is 18.1 Å². The molecule has 1 aromatic carbocycles. The largest absolute Gasteiger partial charge is 0.469 e. The Labute approximate surface area is 132 Å². The Kier molecular flexibility index (Phi) is 6.87. The molecule has 0 saturated carbocycles. The molecule has 0 saturated heterocycles. The minimum absolute atomic E-state index is 0.177. The summed E-state index contributed by atoms with van der Waals surface area (Å²) in [4.78, 5) is 15.2. The number of ether oxygens (including phenoxy) is 1. The molecule has 5 nitrogen and oxygen atoms in total. The molecule has 1 unspecified atom stereocenters. The van der Waals surface area contributed by atoms with Crippen molar-refractivity contribution in [3.8, 4) is 0 Å². The molecule has 0 aliphatic rings. The third kappa shape index (κ3) is 6.17. The predicted octanol–water partition coefficient (Wildman–Crippen LogP) is 2.18. The zero-order valence-electron chi connectivity index (χ0n) is 13.2. The number of guanidine groups is 1. The maximum absolute atomic E-state index is 12.7. The average Bonchev–Trinajstić information content (AvgIpc) is 2.53. The topological polar surface area (TPSA) is 62.7 Å². The first-order chi connectivity index (χ1) is 10.8. The smallest absolute Gasteiger partial charge is 0.416 e. The van der Waals surface area contributed by atoms with E-state index in [1.807, 2.05) is 0 Å². The van der Waals surface area contributed by atoms with E-state index in [0.29, 0.717) is 18.1 Å². The molecular weight excluding hydrogens is 311 g/mol. The Hall–Kier alpha value is -2.25. The summed E-state index contributed by atoms with van der Waals surface area (Å²) >= 11 is 0. The zero-order chi connectivity index (χ0) is 17.5. The number of esters is 1. The van der Waals surface area contributed by atoms with Gasteiger partial charge in [0.1, 0.15) is 0 Å². The lowest BCUT2D eigenvalue weighted by Gasteiger charge is -2.15. The molecule has 0 aliphatic heterocycles. The normalized spacial score (nSPS) is 13.4. The van der Waals surface area contributed by atoms with E-state index in [2.05, 4.69) is 20.4 Å². The number of benzene rings is 1. The quantitative estimate of drug-likeness (QED) is 0.493. The van der Waals surface area contributed by atoms with Crippen LogP contribution in [0.15, 0.2) is 29.3 Å². The van der Waals surface area contributed by atoms with Gasteiger partial charge in [-0.1, -0.05) is 19.1 Å². The van der Waals surface area contributed by atoms with Crippen LogP contribution in [0, 0.1) is 5.92 Å². The molecule has 128 valence electrons. The molecule has 0 heterocycles. The van der Waals surface area contributed by atoms with E-state index in [-0.39, 0.29) is 18.4 Å². The molecular formula is C15H20F3N3O2. The average molecular weight is 331 g/mol. The highest BCUT2D eigenvalue weighted by atomic mass is 19.4. The lowest BCUT2D eigenvalue weighted by Crippen LogP contribution is -2.40. The summed E-state index contributed by atoms with van der Waals surface area (Å²) in [7, 11) is 2.84. The van der Waals surface area contributed by atoms with Crippen LogP contribution in [0.4, 0.5) is 13.2 Å². The van der Waals surface area contributed by atoms with Crippen molar-refractivity contribution in [3.63, 3.8) is 0 Å². The third-order valence-corrected chi connectivity index (χ3v) is 3.12. The number of alkyl halides is 3. The highest BCUT2D eigenvalue weighted by Crippen LogP contribution is 2.29. The van der Waals surface area contributed by atoms with Gasteiger partial charge in [-0.05, 0) is 17.7 Å². The molecule has 0 fully saturated rings. The fourth-order valence-corrected chi connectivity index (χ4v) is 1.80. The summed E-state index contributed by atoms with van der Waals surface area (Å²) in [6, 6.07) is 5.05. The van der Waals surface area contributed by atoms with Gasteiger partial charge in [-0.25, -0.2) is 0 Å². The third-order valence-electron chi connectivity index (χ3n) is 3.12. The highest BCUT2D eigenvalue weighted by Gasteiger charge is 2.30.